The molecular formula is C15H18ClNS. The number of likely N-dealkylation sites (N-methyl/N-ethyl adjacent to an activating group) is 1. The molecule has 0 fully saturated rings. The van der Waals surface area contributed by atoms with Crippen molar-refractivity contribution < 1.29 is 0 Å². The molecule has 0 aliphatic carbocycles. The average molecular weight is 280 g/mol. The highest BCUT2D eigenvalue weighted by atomic mass is 35.5. The van der Waals surface area contributed by atoms with Crippen molar-refractivity contribution in [1.82, 2.24) is 5.32 Å². The zero-order valence-corrected chi connectivity index (χ0v) is 12.5. The van der Waals surface area contributed by atoms with Crippen LogP contribution in [-0.2, 0) is 6.42 Å². The second-order valence-corrected chi connectivity index (χ2v) is 6.37. The van der Waals surface area contributed by atoms with E-state index in [0.29, 0.717) is 6.04 Å². The van der Waals surface area contributed by atoms with E-state index in [9.17, 15) is 0 Å². The summed E-state index contributed by atoms with van der Waals surface area (Å²) in [7, 11) is 2.01. The third kappa shape index (κ3) is 2.94. The van der Waals surface area contributed by atoms with Crippen molar-refractivity contribution in [2.24, 2.45) is 0 Å². The molecule has 1 aromatic heterocycles. The van der Waals surface area contributed by atoms with Gasteiger partial charge >= 0.3 is 0 Å². The molecule has 0 saturated carbocycles. The summed E-state index contributed by atoms with van der Waals surface area (Å²) >= 11 is 8.09. The Morgan fingerprint density at radius 2 is 2.00 bits per heavy atom. The zero-order valence-electron chi connectivity index (χ0n) is 11.0. The molecule has 2 aromatic rings. The minimum atomic E-state index is 0.329. The van der Waals surface area contributed by atoms with Crippen molar-refractivity contribution in [3.8, 4) is 0 Å². The minimum absolute atomic E-state index is 0.329. The highest BCUT2D eigenvalue weighted by molar-refractivity contribution is 7.12. The van der Waals surface area contributed by atoms with Gasteiger partial charge in [-0.1, -0.05) is 29.8 Å². The summed E-state index contributed by atoms with van der Waals surface area (Å²) in [5.74, 6) is 0. The van der Waals surface area contributed by atoms with Gasteiger partial charge in [0.05, 0.1) is 0 Å². The first-order chi connectivity index (χ1) is 8.61. The van der Waals surface area contributed by atoms with Crippen molar-refractivity contribution in [3.05, 3.63) is 56.2 Å². The van der Waals surface area contributed by atoms with Crippen LogP contribution in [-0.4, -0.2) is 7.05 Å². The normalized spacial score (nSPS) is 12.7. The van der Waals surface area contributed by atoms with E-state index >= 15 is 0 Å². The summed E-state index contributed by atoms with van der Waals surface area (Å²) in [6, 6.07) is 10.7. The zero-order chi connectivity index (χ0) is 13.1. The fraction of sp³-hybridized carbons (Fsp3) is 0.333. The predicted octanol–water partition coefficient (Wildman–Crippen LogP) is 4.52. The molecule has 18 heavy (non-hydrogen) atoms. The summed E-state index contributed by atoms with van der Waals surface area (Å²) in [6.45, 7) is 4.34. The van der Waals surface area contributed by atoms with Gasteiger partial charge in [0, 0.05) is 20.8 Å². The predicted molar refractivity (Wildman–Crippen MR) is 80.7 cm³/mol. The van der Waals surface area contributed by atoms with Gasteiger partial charge in [0.2, 0.25) is 0 Å². The molecule has 3 heteroatoms. The lowest BCUT2D eigenvalue weighted by Crippen LogP contribution is -2.19. The standard InChI is InChI=1S/C15H18ClNS/c1-10-8-13(11(2)18-10)15(17-3)9-12-6-4-5-7-14(12)16/h4-8,15,17H,9H2,1-3H3. The molecule has 1 heterocycles. The Balaban J connectivity index is 2.25. The van der Waals surface area contributed by atoms with Gasteiger partial charge in [0.15, 0.2) is 0 Å². The molecule has 1 unspecified atom stereocenters. The first-order valence-electron chi connectivity index (χ1n) is 6.09. The number of thiophene rings is 1. The lowest BCUT2D eigenvalue weighted by molar-refractivity contribution is 0.591. The summed E-state index contributed by atoms with van der Waals surface area (Å²) < 4.78 is 0. The summed E-state index contributed by atoms with van der Waals surface area (Å²) in [5, 5.41) is 4.25. The maximum atomic E-state index is 6.23. The molecule has 96 valence electrons. The Labute approximate surface area is 118 Å². The molecule has 0 spiro atoms. The summed E-state index contributed by atoms with van der Waals surface area (Å²) in [6.07, 6.45) is 0.924. The largest absolute Gasteiger partial charge is 0.313 e. The van der Waals surface area contributed by atoms with Crippen molar-refractivity contribution >= 4 is 22.9 Å². The van der Waals surface area contributed by atoms with Crippen LogP contribution in [0.2, 0.25) is 5.02 Å². The number of halogens is 1. The molecule has 1 atom stereocenters. The van der Waals surface area contributed by atoms with Gasteiger partial charge in [-0.15, -0.1) is 11.3 Å². The quantitative estimate of drug-likeness (QED) is 0.868. The third-order valence-electron chi connectivity index (χ3n) is 3.19. The Bertz CT molecular complexity index is 533. The van der Waals surface area contributed by atoms with E-state index in [0.717, 1.165) is 11.4 Å². The van der Waals surface area contributed by atoms with E-state index in [2.05, 4.69) is 31.3 Å². The van der Waals surface area contributed by atoms with Crippen molar-refractivity contribution in [1.29, 1.82) is 0 Å². The number of hydrogen-bond acceptors (Lipinski definition) is 2. The van der Waals surface area contributed by atoms with Gasteiger partial charge in [-0.3, -0.25) is 0 Å². The van der Waals surface area contributed by atoms with E-state index in [4.69, 9.17) is 11.6 Å². The maximum Gasteiger partial charge on any atom is 0.0438 e. The Morgan fingerprint density at radius 1 is 1.28 bits per heavy atom. The van der Waals surface area contributed by atoms with Gasteiger partial charge in [0.1, 0.15) is 0 Å². The lowest BCUT2D eigenvalue weighted by Gasteiger charge is -2.17. The summed E-state index contributed by atoms with van der Waals surface area (Å²) in [5.41, 5.74) is 2.58. The number of nitrogens with one attached hydrogen (secondary N) is 1. The second kappa shape index (κ2) is 5.87. The van der Waals surface area contributed by atoms with Crippen LogP contribution in [0, 0.1) is 13.8 Å². The molecule has 1 aromatic carbocycles. The first-order valence-corrected chi connectivity index (χ1v) is 7.29. The number of benzene rings is 1. The first kappa shape index (κ1) is 13.6. The topological polar surface area (TPSA) is 12.0 Å². The Hall–Kier alpha value is -0.830. The third-order valence-corrected chi connectivity index (χ3v) is 4.54. The van der Waals surface area contributed by atoms with Crippen LogP contribution in [0.15, 0.2) is 30.3 Å². The SMILES string of the molecule is CNC(Cc1ccccc1Cl)c1cc(C)sc1C. The van der Waals surface area contributed by atoms with E-state index in [1.807, 2.05) is 36.6 Å². The molecule has 1 nitrogen and oxygen atoms in total. The van der Waals surface area contributed by atoms with E-state index in [1.165, 1.54) is 20.9 Å². The highest BCUT2D eigenvalue weighted by Crippen LogP contribution is 2.29. The van der Waals surface area contributed by atoms with Gasteiger partial charge in [-0.2, -0.15) is 0 Å². The molecule has 2 rings (SSSR count). The van der Waals surface area contributed by atoms with Crippen LogP contribution in [0.25, 0.3) is 0 Å². The van der Waals surface area contributed by atoms with E-state index < -0.39 is 0 Å². The smallest absolute Gasteiger partial charge is 0.0438 e. The fourth-order valence-electron chi connectivity index (χ4n) is 2.25. The molecule has 0 saturated heterocycles. The molecule has 0 aliphatic rings. The Morgan fingerprint density at radius 3 is 2.56 bits per heavy atom. The van der Waals surface area contributed by atoms with Gasteiger partial charge < -0.3 is 5.32 Å². The van der Waals surface area contributed by atoms with Crippen LogP contribution in [0.5, 0.6) is 0 Å². The van der Waals surface area contributed by atoms with E-state index in [1.54, 1.807) is 0 Å². The van der Waals surface area contributed by atoms with Gasteiger partial charge in [0.25, 0.3) is 0 Å². The molecule has 0 radical (unpaired) electrons. The Kier molecular flexibility index (Phi) is 4.44. The second-order valence-electron chi connectivity index (χ2n) is 4.51. The monoisotopic (exact) mass is 279 g/mol. The number of rotatable bonds is 4. The van der Waals surface area contributed by atoms with Crippen molar-refractivity contribution in [2.45, 2.75) is 26.3 Å². The average Bonchev–Trinajstić information content (AvgIpc) is 2.67. The fourth-order valence-corrected chi connectivity index (χ4v) is 3.45. The van der Waals surface area contributed by atoms with Crippen LogP contribution in [0.3, 0.4) is 0 Å². The van der Waals surface area contributed by atoms with Crippen molar-refractivity contribution in [3.63, 3.8) is 0 Å². The van der Waals surface area contributed by atoms with Gasteiger partial charge in [-0.25, -0.2) is 0 Å². The molecular weight excluding hydrogens is 262 g/mol. The van der Waals surface area contributed by atoms with Crippen LogP contribution in [0.1, 0.15) is 26.9 Å². The summed E-state index contributed by atoms with van der Waals surface area (Å²) in [4.78, 5) is 2.75. The van der Waals surface area contributed by atoms with Crippen molar-refractivity contribution in [2.75, 3.05) is 7.05 Å². The number of aryl methyl sites for hydroxylation is 2. The molecule has 0 aliphatic heterocycles. The highest BCUT2D eigenvalue weighted by Gasteiger charge is 2.15. The van der Waals surface area contributed by atoms with Gasteiger partial charge in [-0.05, 0) is 50.6 Å². The van der Waals surface area contributed by atoms with Crippen LogP contribution in [0.4, 0.5) is 0 Å². The van der Waals surface area contributed by atoms with Crippen LogP contribution >= 0.6 is 22.9 Å². The maximum absolute atomic E-state index is 6.23. The lowest BCUT2D eigenvalue weighted by atomic mass is 9.99. The van der Waals surface area contributed by atoms with Crippen LogP contribution < -0.4 is 5.32 Å². The van der Waals surface area contributed by atoms with E-state index in [-0.39, 0.29) is 0 Å². The molecule has 0 bridgehead atoms. The minimum Gasteiger partial charge on any atom is -0.313 e. The molecule has 1 N–H and O–H groups in total. The number of hydrogen-bond donors (Lipinski definition) is 1. The molecule has 0 amide bonds.